The minimum atomic E-state index is -0.779. The lowest BCUT2D eigenvalue weighted by molar-refractivity contribution is -0.135. The normalized spacial score (nSPS) is 11.6. The SMILES string of the molecule is C[C@@H](c1ccccc1)N(C)C(=O)COC(=O)c1ccc(Cl)cc1O. The van der Waals surface area contributed by atoms with Crippen LogP contribution in [0.25, 0.3) is 0 Å². The van der Waals surface area contributed by atoms with E-state index in [2.05, 4.69) is 0 Å². The Morgan fingerprint density at radius 3 is 2.50 bits per heavy atom. The lowest BCUT2D eigenvalue weighted by Crippen LogP contribution is -2.33. The summed E-state index contributed by atoms with van der Waals surface area (Å²) in [7, 11) is 1.65. The van der Waals surface area contributed by atoms with Gasteiger partial charge in [-0.3, -0.25) is 4.79 Å². The van der Waals surface area contributed by atoms with Crippen molar-refractivity contribution in [2.24, 2.45) is 0 Å². The third-order valence-electron chi connectivity index (χ3n) is 3.76. The van der Waals surface area contributed by atoms with E-state index in [1.165, 1.54) is 23.1 Å². The van der Waals surface area contributed by atoms with Crippen LogP contribution in [0.2, 0.25) is 5.02 Å². The number of halogens is 1. The fourth-order valence-electron chi connectivity index (χ4n) is 2.16. The highest BCUT2D eigenvalue weighted by Gasteiger charge is 2.20. The number of hydrogen-bond donors (Lipinski definition) is 1. The second kappa shape index (κ2) is 7.84. The zero-order valence-electron chi connectivity index (χ0n) is 13.4. The summed E-state index contributed by atoms with van der Waals surface area (Å²) in [6, 6.07) is 13.4. The summed E-state index contributed by atoms with van der Waals surface area (Å²) in [5.74, 6) is -1.41. The van der Waals surface area contributed by atoms with Crippen LogP contribution in [-0.2, 0) is 9.53 Å². The number of phenolic OH excluding ortho intramolecular Hbond substituents is 1. The number of carbonyl (C=O) groups is 2. The number of phenols is 1. The van der Waals surface area contributed by atoms with Gasteiger partial charge in [-0.05, 0) is 30.7 Å². The number of aromatic hydroxyl groups is 1. The molecule has 0 saturated carbocycles. The monoisotopic (exact) mass is 347 g/mol. The van der Waals surface area contributed by atoms with E-state index in [1.807, 2.05) is 37.3 Å². The quantitative estimate of drug-likeness (QED) is 0.841. The van der Waals surface area contributed by atoms with Crippen LogP contribution in [0.4, 0.5) is 0 Å². The highest BCUT2D eigenvalue weighted by molar-refractivity contribution is 6.30. The number of hydrogen-bond acceptors (Lipinski definition) is 4. The lowest BCUT2D eigenvalue weighted by Gasteiger charge is -2.25. The van der Waals surface area contributed by atoms with Crippen molar-refractivity contribution in [3.05, 3.63) is 64.7 Å². The zero-order chi connectivity index (χ0) is 17.7. The van der Waals surface area contributed by atoms with E-state index < -0.39 is 12.6 Å². The first-order valence-corrected chi connectivity index (χ1v) is 7.74. The van der Waals surface area contributed by atoms with E-state index in [4.69, 9.17) is 16.3 Å². The molecule has 0 bridgehead atoms. The van der Waals surface area contributed by atoms with Crippen molar-refractivity contribution in [3.63, 3.8) is 0 Å². The molecule has 0 fully saturated rings. The number of nitrogens with zero attached hydrogens (tertiary/aromatic N) is 1. The molecule has 1 atom stereocenters. The molecule has 0 saturated heterocycles. The van der Waals surface area contributed by atoms with Crippen LogP contribution in [0.3, 0.4) is 0 Å². The molecule has 5 nitrogen and oxygen atoms in total. The minimum absolute atomic E-state index is 0.0361. The molecule has 0 aliphatic rings. The Labute approximate surface area is 145 Å². The predicted molar refractivity (Wildman–Crippen MR) is 91.0 cm³/mol. The third-order valence-corrected chi connectivity index (χ3v) is 4.00. The van der Waals surface area contributed by atoms with Gasteiger partial charge in [-0.15, -0.1) is 0 Å². The van der Waals surface area contributed by atoms with Crippen molar-refractivity contribution in [2.45, 2.75) is 13.0 Å². The maximum Gasteiger partial charge on any atom is 0.342 e. The van der Waals surface area contributed by atoms with Crippen LogP contribution in [0.1, 0.15) is 28.9 Å². The second-order valence-corrected chi connectivity index (χ2v) is 5.77. The Bertz CT molecular complexity index is 733. The summed E-state index contributed by atoms with van der Waals surface area (Å²) in [4.78, 5) is 25.6. The number of ether oxygens (including phenoxy) is 1. The van der Waals surface area contributed by atoms with Gasteiger partial charge in [-0.25, -0.2) is 4.79 Å². The van der Waals surface area contributed by atoms with Crippen LogP contribution in [0.5, 0.6) is 5.75 Å². The maximum atomic E-state index is 12.2. The summed E-state index contributed by atoms with van der Waals surface area (Å²) < 4.78 is 4.98. The molecule has 0 aliphatic heterocycles. The molecule has 2 aromatic rings. The number of benzene rings is 2. The van der Waals surface area contributed by atoms with Crippen LogP contribution in [0, 0.1) is 0 Å². The van der Waals surface area contributed by atoms with Gasteiger partial charge in [0.05, 0.1) is 6.04 Å². The average molecular weight is 348 g/mol. The number of esters is 1. The van der Waals surface area contributed by atoms with Gasteiger partial charge >= 0.3 is 5.97 Å². The van der Waals surface area contributed by atoms with E-state index in [1.54, 1.807) is 7.05 Å². The largest absolute Gasteiger partial charge is 0.507 e. The highest BCUT2D eigenvalue weighted by atomic mass is 35.5. The van der Waals surface area contributed by atoms with Gasteiger partial charge in [0.15, 0.2) is 6.61 Å². The summed E-state index contributed by atoms with van der Waals surface area (Å²) in [5.41, 5.74) is 0.945. The molecule has 0 spiro atoms. The predicted octanol–water partition coefficient (Wildman–Crippen LogP) is 3.42. The van der Waals surface area contributed by atoms with Crippen molar-refractivity contribution in [2.75, 3.05) is 13.7 Å². The first-order chi connectivity index (χ1) is 11.4. The Hall–Kier alpha value is -2.53. The van der Waals surface area contributed by atoms with Crippen molar-refractivity contribution in [1.29, 1.82) is 0 Å². The van der Waals surface area contributed by atoms with Crippen LogP contribution in [0.15, 0.2) is 48.5 Å². The Balaban J connectivity index is 1.96. The molecule has 0 aromatic heterocycles. The topological polar surface area (TPSA) is 66.8 Å². The van der Waals surface area contributed by atoms with Gasteiger partial charge in [-0.2, -0.15) is 0 Å². The standard InChI is InChI=1S/C18H18ClNO4/c1-12(13-6-4-3-5-7-13)20(2)17(22)11-24-18(23)15-9-8-14(19)10-16(15)21/h3-10,12,21H,11H2,1-2H3/t12-/m0/s1. The van der Waals surface area contributed by atoms with E-state index >= 15 is 0 Å². The number of rotatable bonds is 5. The molecule has 0 aliphatic carbocycles. The lowest BCUT2D eigenvalue weighted by atomic mass is 10.1. The Morgan fingerprint density at radius 1 is 1.21 bits per heavy atom. The molecule has 0 radical (unpaired) electrons. The molecular formula is C18H18ClNO4. The molecule has 24 heavy (non-hydrogen) atoms. The van der Waals surface area contributed by atoms with Crippen molar-refractivity contribution in [1.82, 2.24) is 4.90 Å². The molecule has 0 heterocycles. The third kappa shape index (κ3) is 4.26. The Morgan fingerprint density at radius 2 is 1.88 bits per heavy atom. The zero-order valence-corrected chi connectivity index (χ0v) is 14.2. The van der Waals surface area contributed by atoms with Crippen molar-refractivity contribution in [3.8, 4) is 5.75 Å². The summed E-state index contributed by atoms with van der Waals surface area (Å²) in [6.07, 6.45) is 0. The van der Waals surface area contributed by atoms with Crippen LogP contribution >= 0.6 is 11.6 Å². The highest BCUT2D eigenvalue weighted by Crippen LogP contribution is 2.23. The minimum Gasteiger partial charge on any atom is -0.507 e. The molecule has 126 valence electrons. The molecule has 1 amide bonds. The summed E-state index contributed by atoms with van der Waals surface area (Å²) in [6.45, 7) is 1.48. The van der Waals surface area contributed by atoms with Crippen molar-refractivity contribution < 1.29 is 19.4 Å². The van der Waals surface area contributed by atoms with Gasteiger partial charge in [-0.1, -0.05) is 41.9 Å². The van der Waals surface area contributed by atoms with Gasteiger partial charge < -0.3 is 14.7 Å². The number of likely N-dealkylation sites (N-methyl/N-ethyl adjacent to an activating group) is 1. The van der Waals surface area contributed by atoms with Gasteiger partial charge in [0.1, 0.15) is 11.3 Å². The molecule has 6 heteroatoms. The van der Waals surface area contributed by atoms with E-state index in [-0.39, 0.29) is 23.3 Å². The van der Waals surface area contributed by atoms with E-state index in [0.29, 0.717) is 5.02 Å². The van der Waals surface area contributed by atoms with E-state index in [0.717, 1.165) is 5.56 Å². The smallest absolute Gasteiger partial charge is 0.342 e. The first-order valence-electron chi connectivity index (χ1n) is 7.36. The van der Waals surface area contributed by atoms with Crippen LogP contribution < -0.4 is 0 Å². The number of amides is 1. The average Bonchev–Trinajstić information content (AvgIpc) is 2.58. The molecular weight excluding hydrogens is 330 g/mol. The molecule has 1 N–H and O–H groups in total. The molecule has 2 rings (SSSR count). The fourth-order valence-corrected chi connectivity index (χ4v) is 2.32. The maximum absolute atomic E-state index is 12.2. The first kappa shape index (κ1) is 17.8. The fraction of sp³-hybridized carbons (Fsp3) is 0.222. The second-order valence-electron chi connectivity index (χ2n) is 5.33. The molecule has 2 aromatic carbocycles. The van der Waals surface area contributed by atoms with Crippen molar-refractivity contribution >= 4 is 23.5 Å². The number of carbonyl (C=O) groups excluding carboxylic acids is 2. The summed E-state index contributed by atoms with van der Waals surface area (Å²) in [5, 5.41) is 9.99. The summed E-state index contributed by atoms with van der Waals surface area (Å²) >= 11 is 5.71. The van der Waals surface area contributed by atoms with Gasteiger partial charge in [0, 0.05) is 12.1 Å². The molecule has 0 unspecified atom stereocenters. The Kier molecular flexibility index (Phi) is 5.82. The van der Waals surface area contributed by atoms with Gasteiger partial charge in [0.2, 0.25) is 0 Å². The van der Waals surface area contributed by atoms with Crippen LogP contribution in [-0.4, -0.2) is 35.5 Å². The van der Waals surface area contributed by atoms with Gasteiger partial charge in [0.25, 0.3) is 5.91 Å². The van der Waals surface area contributed by atoms with E-state index in [9.17, 15) is 14.7 Å².